The molecule has 0 amide bonds. The molecule has 3 nitrogen and oxygen atoms in total. The smallest absolute Gasteiger partial charge is 0.126 e. The van der Waals surface area contributed by atoms with Crippen LogP contribution < -0.4 is 0 Å². The van der Waals surface area contributed by atoms with E-state index in [2.05, 4.69) is 16.7 Å². The van der Waals surface area contributed by atoms with Gasteiger partial charge in [-0.25, -0.2) is 8.78 Å². The maximum atomic E-state index is 13.3. The summed E-state index contributed by atoms with van der Waals surface area (Å²) in [7, 11) is 0. The third-order valence-corrected chi connectivity index (χ3v) is 5.26. The number of morpholine rings is 1. The SMILES string of the molecule is C[C@@H](C1CCN(Cc2cc(F)cc(F)c2)CC1)N1CCOCC1. The van der Waals surface area contributed by atoms with Crippen molar-refractivity contribution in [2.45, 2.75) is 32.4 Å². The van der Waals surface area contributed by atoms with E-state index in [0.29, 0.717) is 18.5 Å². The predicted octanol–water partition coefficient (Wildman–Crippen LogP) is 2.90. The van der Waals surface area contributed by atoms with Gasteiger partial charge in [-0.1, -0.05) is 0 Å². The Morgan fingerprint density at radius 3 is 2.26 bits per heavy atom. The molecular weight excluding hydrogens is 298 g/mol. The Morgan fingerprint density at radius 2 is 1.65 bits per heavy atom. The number of piperidine rings is 1. The first-order valence-electron chi connectivity index (χ1n) is 8.61. The Bertz CT molecular complexity index is 491. The quantitative estimate of drug-likeness (QED) is 0.847. The molecule has 1 aromatic rings. The van der Waals surface area contributed by atoms with Crippen LogP contribution in [0.15, 0.2) is 18.2 Å². The zero-order valence-corrected chi connectivity index (χ0v) is 13.8. The molecule has 3 rings (SSSR count). The van der Waals surface area contributed by atoms with Gasteiger partial charge in [0.15, 0.2) is 0 Å². The summed E-state index contributed by atoms with van der Waals surface area (Å²) < 4.78 is 32.0. The fraction of sp³-hybridized carbons (Fsp3) is 0.667. The van der Waals surface area contributed by atoms with E-state index in [-0.39, 0.29) is 0 Å². The topological polar surface area (TPSA) is 15.7 Å². The summed E-state index contributed by atoms with van der Waals surface area (Å²) in [4.78, 5) is 4.84. The van der Waals surface area contributed by atoms with E-state index >= 15 is 0 Å². The second-order valence-electron chi connectivity index (χ2n) is 6.78. The van der Waals surface area contributed by atoms with Gasteiger partial charge in [-0.15, -0.1) is 0 Å². The van der Waals surface area contributed by atoms with Crippen LogP contribution in [0.2, 0.25) is 0 Å². The van der Waals surface area contributed by atoms with E-state index in [1.54, 1.807) is 0 Å². The molecule has 0 bridgehead atoms. The molecule has 2 fully saturated rings. The Balaban J connectivity index is 1.49. The highest BCUT2D eigenvalue weighted by molar-refractivity contribution is 5.17. The van der Waals surface area contributed by atoms with Gasteiger partial charge in [0.2, 0.25) is 0 Å². The molecule has 0 spiro atoms. The minimum Gasteiger partial charge on any atom is -0.379 e. The second kappa shape index (κ2) is 7.69. The molecule has 0 aromatic heterocycles. The van der Waals surface area contributed by atoms with E-state index in [9.17, 15) is 8.78 Å². The highest BCUT2D eigenvalue weighted by Crippen LogP contribution is 2.25. The van der Waals surface area contributed by atoms with Gasteiger partial charge in [0.1, 0.15) is 11.6 Å². The van der Waals surface area contributed by atoms with Crippen molar-refractivity contribution < 1.29 is 13.5 Å². The number of likely N-dealkylation sites (tertiary alicyclic amines) is 1. The Hall–Kier alpha value is -1.04. The molecule has 5 heteroatoms. The van der Waals surface area contributed by atoms with Crippen molar-refractivity contribution >= 4 is 0 Å². The van der Waals surface area contributed by atoms with Crippen LogP contribution in [0.25, 0.3) is 0 Å². The molecule has 23 heavy (non-hydrogen) atoms. The lowest BCUT2D eigenvalue weighted by atomic mass is 9.89. The zero-order valence-electron chi connectivity index (χ0n) is 13.8. The number of halogens is 2. The molecule has 0 unspecified atom stereocenters. The lowest BCUT2D eigenvalue weighted by Crippen LogP contribution is -2.48. The lowest BCUT2D eigenvalue weighted by Gasteiger charge is -2.41. The number of benzene rings is 1. The van der Waals surface area contributed by atoms with Crippen LogP contribution in [0.5, 0.6) is 0 Å². The number of rotatable bonds is 4. The largest absolute Gasteiger partial charge is 0.379 e. The van der Waals surface area contributed by atoms with E-state index in [1.165, 1.54) is 12.1 Å². The Morgan fingerprint density at radius 1 is 1.04 bits per heavy atom. The summed E-state index contributed by atoms with van der Waals surface area (Å²) in [5.41, 5.74) is 0.724. The maximum Gasteiger partial charge on any atom is 0.126 e. The van der Waals surface area contributed by atoms with Crippen molar-refractivity contribution in [2.75, 3.05) is 39.4 Å². The number of nitrogens with zero attached hydrogens (tertiary/aromatic N) is 2. The normalized spacial score (nSPS) is 23.1. The maximum absolute atomic E-state index is 13.3. The zero-order chi connectivity index (χ0) is 16.2. The van der Waals surface area contributed by atoms with Crippen molar-refractivity contribution in [2.24, 2.45) is 5.92 Å². The standard InChI is InChI=1S/C18H26F2N2O/c1-14(22-6-8-23-9-7-22)16-2-4-21(5-3-16)13-15-10-17(19)12-18(20)11-15/h10-12,14,16H,2-9,13H2,1H3/t14-/m0/s1. The molecule has 128 valence electrons. The summed E-state index contributed by atoms with van der Waals surface area (Å²) in [5, 5.41) is 0. The van der Waals surface area contributed by atoms with Gasteiger partial charge < -0.3 is 4.74 Å². The average Bonchev–Trinajstić information content (AvgIpc) is 2.55. The van der Waals surface area contributed by atoms with Crippen molar-refractivity contribution in [3.05, 3.63) is 35.4 Å². The molecule has 2 heterocycles. The summed E-state index contributed by atoms with van der Waals surface area (Å²) >= 11 is 0. The molecule has 2 aliphatic heterocycles. The Labute approximate surface area is 137 Å². The van der Waals surface area contributed by atoms with Crippen molar-refractivity contribution in [3.8, 4) is 0 Å². The van der Waals surface area contributed by atoms with Crippen LogP contribution in [0, 0.1) is 17.6 Å². The van der Waals surface area contributed by atoms with Crippen LogP contribution in [0.1, 0.15) is 25.3 Å². The van der Waals surface area contributed by atoms with E-state index < -0.39 is 11.6 Å². The van der Waals surface area contributed by atoms with Crippen LogP contribution in [0.4, 0.5) is 8.78 Å². The molecule has 2 aliphatic rings. The minimum atomic E-state index is -0.490. The molecular formula is C18H26F2N2O. The van der Waals surface area contributed by atoms with E-state index in [4.69, 9.17) is 4.74 Å². The first-order chi connectivity index (χ1) is 11.1. The summed E-state index contributed by atoms with van der Waals surface area (Å²) in [6, 6.07) is 4.39. The molecule has 1 aromatic carbocycles. The van der Waals surface area contributed by atoms with Crippen LogP contribution in [-0.4, -0.2) is 55.2 Å². The molecule has 1 atom stereocenters. The third-order valence-electron chi connectivity index (χ3n) is 5.26. The summed E-state index contributed by atoms with van der Waals surface area (Å²) in [6.45, 7) is 8.70. The number of hydrogen-bond donors (Lipinski definition) is 0. The predicted molar refractivity (Wildman–Crippen MR) is 86.2 cm³/mol. The second-order valence-corrected chi connectivity index (χ2v) is 6.78. The summed E-state index contributed by atoms with van der Waals surface area (Å²) in [5.74, 6) is -0.278. The van der Waals surface area contributed by atoms with Gasteiger partial charge >= 0.3 is 0 Å². The van der Waals surface area contributed by atoms with Gasteiger partial charge in [0.25, 0.3) is 0 Å². The number of ether oxygens (including phenoxy) is 1. The molecule has 2 saturated heterocycles. The van der Waals surface area contributed by atoms with Crippen LogP contribution in [0.3, 0.4) is 0 Å². The molecule has 0 aliphatic carbocycles. The van der Waals surface area contributed by atoms with Gasteiger partial charge in [-0.2, -0.15) is 0 Å². The van der Waals surface area contributed by atoms with Crippen molar-refractivity contribution in [1.29, 1.82) is 0 Å². The highest BCUT2D eigenvalue weighted by Gasteiger charge is 2.28. The Kier molecular flexibility index (Phi) is 5.62. The van der Waals surface area contributed by atoms with Crippen LogP contribution in [-0.2, 0) is 11.3 Å². The molecule has 0 N–H and O–H groups in total. The number of hydrogen-bond acceptors (Lipinski definition) is 3. The molecule has 0 radical (unpaired) electrons. The lowest BCUT2D eigenvalue weighted by molar-refractivity contribution is -0.00193. The third kappa shape index (κ3) is 4.49. The van der Waals surface area contributed by atoms with E-state index in [0.717, 1.165) is 63.9 Å². The molecule has 0 saturated carbocycles. The van der Waals surface area contributed by atoms with Gasteiger partial charge in [0, 0.05) is 31.7 Å². The van der Waals surface area contributed by atoms with Gasteiger partial charge in [0.05, 0.1) is 13.2 Å². The first kappa shape index (κ1) is 16.8. The van der Waals surface area contributed by atoms with Crippen LogP contribution >= 0.6 is 0 Å². The van der Waals surface area contributed by atoms with Gasteiger partial charge in [-0.3, -0.25) is 9.80 Å². The first-order valence-corrected chi connectivity index (χ1v) is 8.61. The van der Waals surface area contributed by atoms with Crippen molar-refractivity contribution in [3.63, 3.8) is 0 Å². The van der Waals surface area contributed by atoms with Gasteiger partial charge in [-0.05, 0) is 56.5 Å². The fourth-order valence-corrected chi connectivity index (χ4v) is 3.84. The van der Waals surface area contributed by atoms with Crippen molar-refractivity contribution in [1.82, 2.24) is 9.80 Å². The van der Waals surface area contributed by atoms with E-state index in [1.807, 2.05) is 0 Å². The fourth-order valence-electron chi connectivity index (χ4n) is 3.84. The minimum absolute atomic E-state index is 0.490. The highest BCUT2D eigenvalue weighted by atomic mass is 19.1. The summed E-state index contributed by atoms with van der Waals surface area (Å²) in [6.07, 6.45) is 2.30. The monoisotopic (exact) mass is 324 g/mol. The average molecular weight is 324 g/mol.